The third-order valence-corrected chi connectivity index (χ3v) is 4.58. The van der Waals surface area contributed by atoms with Gasteiger partial charge in [0.15, 0.2) is 0 Å². The largest absolute Gasteiger partial charge is 0.374 e. The van der Waals surface area contributed by atoms with E-state index in [9.17, 15) is 0 Å². The molecule has 0 spiro atoms. The van der Waals surface area contributed by atoms with Crippen LogP contribution in [0.25, 0.3) is 0 Å². The number of hydrogen-bond donors (Lipinski definition) is 1. The number of ether oxygens (including phenoxy) is 1. The molecule has 5 nitrogen and oxygen atoms in total. The molecule has 1 aromatic heterocycles. The molecule has 0 bridgehead atoms. The minimum absolute atomic E-state index is 0.0321. The average Bonchev–Trinajstić information content (AvgIpc) is 3.08. The van der Waals surface area contributed by atoms with E-state index >= 15 is 0 Å². The lowest BCUT2D eigenvalue weighted by Gasteiger charge is -2.33. The molecule has 2 heterocycles. The zero-order chi connectivity index (χ0) is 13.9. The van der Waals surface area contributed by atoms with Gasteiger partial charge in [0.05, 0.1) is 24.4 Å². The van der Waals surface area contributed by atoms with Crippen LogP contribution in [-0.4, -0.2) is 53.6 Å². The summed E-state index contributed by atoms with van der Waals surface area (Å²) in [5.74, 6) is 0. The SMILES string of the molecule is CN1CCOC(C(N)Cc2ccn(C3CCCC3)n2)C1. The first-order valence-corrected chi connectivity index (χ1v) is 7.82. The van der Waals surface area contributed by atoms with Crippen LogP contribution in [0.3, 0.4) is 0 Å². The lowest BCUT2D eigenvalue weighted by atomic mass is 10.1. The quantitative estimate of drug-likeness (QED) is 0.899. The van der Waals surface area contributed by atoms with Crippen molar-refractivity contribution in [2.24, 2.45) is 5.73 Å². The Morgan fingerprint density at radius 2 is 2.25 bits per heavy atom. The molecular weight excluding hydrogens is 252 g/mol. The minimum atomic E-state index is 0.0321. The number of nitrogens with zero attached hydrogens (tertiary/aromatic N) is 3. The zero-order valence-corrected chi connectivity index (χ0v) is 12.4. The molecule has 1 aromatic rings. The van der Waals surface area contributed by atoms with Gasteiger partial charge in [-0.15, -0.1) is 0 Å². The highest BCUT2D eigenvalue weighted by Crippen LogP contribution is 2.28. The molecule has 2 N–H and O–H groups in total. The predicted octanol–water partition coefficient (Wildman–Crippen LogP) is 1.20. The van der Waals surface area contributed by atoms with Crippen molar-refractivity contribution in [1.29, 1.82) is 0 Å². The summed E-state index contributed by atoms with van der Waals surface area (Å²) >= 11 is 0. The molecule has 0 aromatic carbocycles. The minimum Gasteiger partial charge on any atom is -0.374 e. The van der Waals surface area contributed by atoms with Gasteiger partial charge in [0.1, 0.15) is 0 Å². The summed E-state index contributed by atoms with van der Waals surface area (Å²) in [6.07, 6.45) is 8.26. The Kier molecular flexibility index (Phi) is 4.38. The zero-order valence-electron chi connectivity index (χ0n) is 12.4. The Bertz CT molecular complexity index is 427. The normalized spacial score (nSPS) is 27.0. The van der Waals surface area contributed by atoms with E-state index in [1.165, 1.54) is 25.7 Å². The number of nitrogens with two attached hydrogens (primary N) is 1. The predicted molar refractivity (Wildman–Crippen MR) is 78.6 cm³/mol. The first-order chi connectivity index (χ1) is 9.72. The first-order valence-electron chi connectivity index (χ1n) is 7.82. The molecule has 20 heavy (non-hydrogen) atoms. The topological polar surface area (TPSA) is 56.3 Å². The molecule has 112 valence electrons. The summed E-state index contributed by atoms with van der Waals surface area (Å²) in [7, 11) is 2.12. The molecule has 3 rings (SSSR count). The van der Waals surface area contributed by atoms with Gasteiger partial charge in [0.25, 0.3) is 0 Å². The van der Waals surface area contributed by atoms with Gasteiger partial charge in [-0.2, -0.15) is 5.10 Å². The maximum Gasteiger partial charge on any atom is 0.0856 e. The van der Waals surface area contributed by atoms with E-state index in [0.29, 0.717) is 6.04 Å². The van der Waals surface area contributed by atoms with Crippen LogP contribution in [0.4, 0.5) is 0 Å². The van der Waals surface area contributed by atoms with Crippen molar-refractivity contribution in [2.45, 2.75) is 50.3 Å². The van der Waals surface area contributed by atoms with E-state index in [0.717, 1.165) is 31.8 Å². The molecule has 2 aliphatic rings. The number of rotatable bonds is 4. The summed E-state index contributed by atoms with van der Waals surface area (Å²) < 4.78 is 7.93. The van der Waals surface area contributed by atoms with Gasteiger partial charge in [-0.3, -0.25) is 4.68 Å². The second-order valence-corrected chi connectivity index (χ2v) is 6.26. The molecule has 0 amide bonds. The fourth-order valence-electron chi connectivity index (χ4n) is 3.30. The van der Waals surface area contributed by atoms with Gasteiger partial charge in [-0.05, 0) is 26.0 Å². The Labute approximate surface area is 121 Å². The molecule has 0 radical (unpaired) electrons. The van der Waals surface area contributed by atoms with Crippen molar-refractivity contribution in [1.82, 2.24) is 14.7 Å². The van der Waals surface area contributed by atoms with Crippen LogP contribution in [0.1, 0.15) is 37.4 Å². The van der Waals surface area contributed by atoms with Crippen LogP contribution in [0.2, 0.25) is 0 Å². The number of aromatic nitrogens is 2. The molecule has 1 saturated carbocycles. The summed E-state index contributed by atoms with van der Waals surface area (Å²) in [5, 5.41) is 4.71. The lowest BCUT2D eigenvalue weighted by molar-refractivity contribution is -0.0320. The second-order valence-electron chi connectivity index (χ2n) is 6.26. The number of likely N-dealkylation sites (N-methyl/N-ethyl adjacent to an activating group) is 1. The molecule has 2 unspecified atom stereocenters. The second kappa shape index (κ2) is 6.24. The molecule has 1 saturated heterocycles. The highest BCUT2D eigenvalue weighted by molar-refractivity contribution is 5.03. The smallest absolute Gasteiger partial charge is 0.0856 e. The number of hydrogen-bond acceptors (Lipinski definition) is 4. The molecule has 2 atom stereocenters. The highest BCUT2D eigenvalue weighted by Gasteiger charge is 2.25. The van der Waals surface area contributed by atoms with Crippen LogP contribution >= 0.6 is 0 Å². The standard InChI is InChI=1S/C15H26N4O/c1-18-8-9-20-15(11-18)14(16)10-12-6-7-19(17-12)13-4-2-3-5-13/h6-7,13-15H,2-5,8-11,16H2,1H3. The van der Waals surface area contributed by atoms with E-state index in [2.05, 4.69) is 28.9 Å². The molecule has 1 aliphatic heterocycles. The van der Waals surface area contributed by atoms with Crippen molar-refractivity contribution in [3.05, 3.63) is 18.0 Å². The Morgan fingerprint density at radius 1 is 1.45 bits per heavy atom. The highest BCUT2D eigenvalue weighted by atomic mass is 16.5. The van der Waals surface area contributed by atoms with E-state index in [4.69, 9.17) is 15.6 Å². The molecule has 2 fully saturated rings. The summed E-state index contributed by atoms with van der Waals surface area (Å²) in [5.41, 5.74) is 7.40. The Balaban J connectivity index is 1.56. The van der Waals surface area contributed by atoms with Crippen LogP contribution in [0, 0.1) is 0 Å². The monoisotopic (exact) mass is 278 g/mol. The Hall–Kier alpha value is -0.910. The van der Waals surface area contributed by atoms with Gasteiger partial charge >= 0.3 is 0 Å². The van der Waals surface area contributed by atoms with Crippen molar-refractivity contribution in [3.8, 4) is 0 Å². The fraction of sp³-hybridized carbons (Fsp3) is 0.800. The lowest BCUT2D eigenvalue weighted by Crippen LogP contribution is -2.50. The maximum absolute atomic E-state index is 6.30. The fourth-order valence-corrected chi connectivity index (χ4v) is 3.30. The first kappa shape index (κ1) is 14.0. The molecule has 5 heteroatoms. The summed E-state index contributed by atoms with van der Waals surface area (Å²) in [6.45, 7) is 2.70. The van der Waals surface area contributed by atoms with Crippen LogP contribution in [-0.2, 0) is 11.2 Å². The van der Waals surface area contributed by atoms with Crippen LogP contribution in [0.5, 0.6) is 0 Å². The van der Waals surface area contributed by atoms with Crippen molar-refractivity contribution < 1.29 is 4.74 Å². The van der Waals surface area contributed by atoms with Crippen molar-refractivity contribution in [3.63, 3.8) is 0 Å². The van der Waals surface area contributed by atoms with Gasteiger partial charge in [-0.1, -0.05) is 12.8 Å². The van der Waals surface area contributed by atoms with E-state index in [1.54, 1.807) is 0 Å². The van der Waals surface area contributed by atoms with Crippen LogP contribution < -0.4 is 5.73 Å². The van der Waals surface area contributed by atoms with Crippen LogP contribution in [0.15, 0.2) is 12.3 Å². The van der Waals surface area contributed by atoms with E-state index < -0.39 is 0 Å². The van der Waals surface area contributed by atoms with Gasteiger partial charge in [0, 0.05) is 31.7 Å². The Morgan fingerprint density at radius 3 is 3.00 bits per heavy atom. The van der Waals surface area contributed by atoms with E-state index in [-0.39, 0.29) is 12.1 Å². The summed E-state index contributed by atoms with van der Waals surface area (Å²) in [6, 6.07) is 2.76. The summed E-state index contributed by atoms with van der Waals surface area (Å²) in [4.78, 5) is 2.28. The van der Waals surface area contributed by atoms with Gasteiger partial charge in [0.2, 0.25) is 0 Å². The molecular formula is C15H26N4O. The molecule has 1 aliphatic carbocycles. The number of morpholine rings is 1. The van der Waals surface area contributed by atoms with E-state index in [1.807, 2.05) is 0 Å². The van der Waals surface area contributed by atoms with Gasteiger partial charge in [-0.25, -0.2) is 0 Å². The maximum atomic E-state index is 6.30. The third kappa shape index (κ3) is 3.22. The van der Waals surface area contributed by atoms with Gasteiger partial charge < -0.3 is 15.4 Å². The third-order valence-electron chi connectivity index (χ3n) is 4.58. The van der Waals surface area contributed by atoms with Crippen molar-refractivity contribution in [2.75, 3.05) is 26.7 Å². The van der Waals surface area contributed by atoms with Crippen molar-refractivity contribution >= 4 is 0 Å². The average molecular weight is 278 g/mol.